The van der Waals surface area contributed by atoms with Crippen molar-refractivity contribution >= 4 is 11.9 Å². The van der Waals surface area contributed by atoms with Crippen LogP contribution in [0, 0.1) is 46.3 Å². The van der Waals surface area contributed by atoms with E-state index in [0.717, 1.165) is 80.6 Å². The third-order valence-corrected chi connectivity index (χ3v) is 13.5. The SMILES string of the molecule is C=C(C)C(=O)NCCCCCCCCCCC(=O)OC1CC[C@@]2(C)C(=CCC3C2CC[C@@]2(C)C3CC[C@@H]2[C@H](C)CCCC(C)C)C1. The fourth-order valence-electron chi connectivity index (χ4n) is 10.8. The number of nitrogens with one attached hydrogen (secondary N) is 1. The lowest BCUT2D eigenvalue weighted by atomic mass is 9.47. The molecule has 4 nitrogen and oxygen atoms in total. The topological polar surface area (TPSA) is 55.4 Å². The Bertz CT molecular complexity index is 1050. The Kier molecular flexibility index (Phi) is 13.9. The normalized spacial score (nSPS) is 32.6. The van der Waals surface area contributed by atoms with Crippen LogP contribution in [0.5, 0.6) is 0 Å². The van der Waals surface area contributed by atoms with Crippen molar-refractivity contribution in [2.75, 3.05) is 6.54 Å². The minimum atomic E-state index is -0.0359. The molecule has 4 aliphatic carbocycles. The molecule has 3 saturated carbocycles. The first-order valence-corrected chi connectivity index (χ1v) is 19.8. The zero-order valence-electron chi connectivity index (χ0n) is 30.9. The van der Waals surface area contributed by atoms with E-state index in [1.807, 2.05) is 0 Å². The molecule has 4 rings (SSSR count). The van der Waals surface area contributed by atoms with Gasteiger partial charge in [-0.3, -0.25) is 9.59 Å². The van der Waals surface area contributed by atoms with Gasteiger partial charge in [-0.1, -0.05) is 111 Å². The largest absolute Gasteiger partial charge is 0.462 e. The zero-order chi connectivity index (χ0) is 33.3. The molecule has 0 heterocycles. The van der Waals surface area contributed by atoms with Crippen molar-refractivity contribution in [3.63, 3.8) is 0 Å². The molecule has 4 unspecified atom stereocenters. The number of amides is 1. The Balaban J connectivity index is 1.14. The van der Waals surface area contributed by atoms with Gasteiger partial charge < -0.3 is 10.1 Å². The minimum absolute atomic E-state index is 0.0210. The van der Waals surface area contributed by atoms with Crippen LogP contribution in [0.3, 0.4) is 0 Å². The maximum Gasteiger partial charge on any atom is 0.306 e. The van der Waals surface area contributed by atoms with Gasteiger partial charge in [0.2, 0.25) is 5.91 Å². The summed E-state index contributed by atoms with van der Waals surface area (Å²) in [4.78, 5) is 24.3. The van der Waals surface area contributed by atoms with E-state index in [9.17, 15) is 9.59 Å². The molecule has 8 atom stereocenters. The molecule has 0 aromatic rings. The second kappa shape index (κ2) is 17.2. The van der Waals surface area contributed by atoms with Crippen LogP contribution in [0.15, 0.2) is 23.8 Å². The molecule has 4 heteroatoms. The van der Waals surface area contributed by atoms with Crippen LogP contribution in [-0.4, -0.2) is 24.5 Å². The molecule has 3 fully saturated rings. The lowest BCUT2D eigenvalue weighted by molar-refractivity contribution is -0.151. The number of ether oxygens (including phenoxy) is 1. The van der Waals surface area contributed by atoms with Crippen LogP contribution < -0.4 is 5.32 Å². The number of esters is 1. The van der Waals surface area contributed by atoms with Crippen molar-refractivity contribution in [1.82, 2.24) is 5.32 Å². The molecule has 0 spiro atoms. The summed E-state index contributed by atoms with van der Waals surface area (Å²) in [6.45, 7) is 18.7. The lowest BCUT2D eigenvalue weighted by Crippen LogP contribution is -2.51. The van der Waals surface area contributed by atoms with E-state index in [4.69, 9.17) is 4.74 Å². The number of carbonyl (C=O) groups is 2. The van der Waals surface area contributed by atoms with Crippen LogP contribution in [0.25, 0.3) is 0 Å². The fourth-order valence-corrected chi connectivity index (χ4v) is 10.8. The van der Waals surface area contributed by atoms with Crippen LogP contribution in [0.2, 0.25) is 0 Å². The second-order valence-electron chi connectivity index (χ2n) is 17.3. The second-order valence-corrected chi connectivity index (χ2v) is 17.3. The smallest absolute Gasteiger partial charge is 0.306 e. The van der Waals surface area contributed by atoms with Gasteiger partial charge in [0.05, 0.1) is 0 Å². The highest BCUT2D eigenvalue weighted by Gasteiger charge is 2.59. The summed E-state index contributed by atoms with van der Waals surface area (Å²) in [5, 5.41) is 2.90. The van der Waals surface area contributed by atoms with Crippen LogP contribution in [0.4, 0.5) is 0 Å². The Morgan fingerprint density at radius 3 is 2.28 bits per heavy atom. The average molecular weight is 638 g/mol. The maximum atomic E-state index is 12.8. The van der Waals surface area contributed by atoms with Crippen molar-refractivity contribution in [3.8, 4) is 0 Å². The molecular formula is C42H71NO3. The van der Waals surface area contributed by atoms with Gasteiger partial charge in [-0.25, -0.2) is 0 Å². The van der Waals surface area contributed by atoms with E-state index < -0.39 is 0 Å². The van der Waals surface area contributed by atoms with E-state index in [1.165, 1.54) is 83.5 Å². The van der Waals surface area contributed by atoms with Gasteiger partial charge in [0, 0.05) is 25.0 Å². The third-order valence-electron chi connectivity index (χ3n) is 13.5. The lowest BCUT2D eigenvalue weighted by Gasteiger charge is -2.58. The number of carbonyl (C=O) groups excluding carboxylic acids is 2. The first-order chi connectivity index (χ1) is 22.0. The van der Waals surface area contributed by atoms with Crippen LogP contribution >= 0.6 is 0 Å². The first-order valence-electron chi connectivity index (χ1n) is 19.8. The van der Waals surface area contributed by atoms with Crippen LogP contribution in [-0.2, 0) is 14.3 Å². The first kappa shape index (κ1) is 37.2. The molecular weight excluding hydrogens is 566 g/mol. The van der Waals surface area contributed by atoms with Crippen molar-refractivity contribution in [1.29, 1.82) is 0 Å². The minimum Gasteiger partial charge on any atom is -0.462 e. The number of allylic oxidation sites excluding steroid dienone is 1. The molecule has 1 N–H and O–H groups in total. The van der Waals surface area contributed by atoms with Gasteiger partial charge in [-0.2, -0.15) is 0 Å². The monoisotopic (exact) mass is 638 g/mol. The predicted octanol–water partition coefficient (Wildman–Crippen LogP) is 11.1. The number of hydrogen-bond donors (Lipinski definition) is 1. The standard InChI is InChI=1S/C42H71NO3/c1-30(2)17-16-18-32(5)36-22-23-37-35-21-20-33-29-34(24-26-41(33,6)38(35)25-27-42(36,37)7)46-39(44)19-14-12-10-8-9-11-13-15-28-43-40(45)31(3)4/h20,30,32,34-38H,3,8-19,21-29H2,1-2,4-7H3,(H,43,45)/t32-,34?,35?,36-,37?,38?,41+,42-/m1/s1. The Labute approximate surface area is 283 Å². The van der Waals surface area contributed by atoms with Gasteiger partial charge in [0.25, 0.3) is 0 Å². The van der Waals surface area contributed by atoms with Gasteiger partial charge in [-0.15, -0.1) is 0 Å². The quantitative estimate of drug-likeness (QED) is 0.0704. The molecule has 0 aliphatic heterocycles. The van der Waals surface area contributed by atoms with Gasteiger partial charge in [-0.05, 0) is 111 Å². The van der Waals surface area contributed by atoms with Crippen molar-refractivity contribution in [2.45, 2.75) is 176 Å². The van der Waals surface area contributed by atoms with Crippen molar-refractivity contribution in [2.24, 2.45) is 46.3 Å². The summed E-state index contributed by atoms with van der Waals surface area (Å²) in [5.74, 6) is 5.17. The van der Waals surface area contributed by atoms with Gasteiger partial charge in [0.1, 0.15) is 6.10 Å². The molecule has 0 aromatic heterocycles. The number of fused-ring (bicyclic) bond motifs is 5. The zero-order valence-corrected chi connectivity index (χ0v) is 30.9. The molecule has 0 saturated heterocycles. The van der Waals surface area contributed by atoms with E-state index in [1.54, 1.807) is 12.5 Å². The molecule has 1 amide bonds. The fraction of sp³-hybridized carbons (Fsp3) is 0.857. The van der Waals surface area contributed by atoms with E-state index >= 15 is 0 Å². The highest BCUT2D eigenvalue weighted by Crippen LogP contribution is 2.67. The summed E-state index contributed by atoms with van der Waals surface area (Å²) in [6, 6.07) is 0. The predicted molar refractivity (Wildman–Crippen MR) is 192 cm³/mol. The number of rotatable bonds is 18. The van der Waals surface area contributed by atoms with Gasteiger partial charge >= 0.3 is 5.97 Å². The molecule has 262 valence electrons. The molecule has 0 bridgehead atoms. The summed E-state index contributed by atoms with van der Waals surface area (Å²) in [6.07, 6.45) is 26.8. The molecule has 0 aromatic carbocycles. The van der Waals surface area contributed by atoms with Crippen LogP contribution in [0.1, 0.15) is 170 Å². The van der Waals surface area contributed by atoms with Crippen molar-refractivity contribution in [3.05, 3.63) is 23.8 Å². The molecule has 46 heavy (non-hydrogen) atoms. The Hall–Kier alpha value is -1.58. The summed E-state index contributed by atoms with van der Waals surface area (Å²) < 4.78 is 6.09. The Morgan fingerprint density at radius 1 is 0.891 bits per heavy atom. The average Bonchev–Trinajstić information content (AvgIpc) is 3.37. The highest BCUT2D eigenvalue weighted by atomic mass is 16.5. The van der Waals surface area contributed by atoms with E-state index in [2.05, 4.69) is 52.6 Å². The third kappa shape index (κ3) is 9.31. The summed E-state index contributed by atoms with van der Waals surface area (Å²) in [7, 11) is 0. The molecule has 0 radical (unpaired) electrons. The van der Waals surface area contributed by atoms with Crippen molar-refractivity contribution < 1.29 is 14.3 Å². The molecule has 4 aliphatic rings. The van der Waals surface area contributed by atoms with E-state index in [0.29, 0.717) is 22.8 Å². The Morgan fingerprint density at radius 2 is 1.59 bits per heavy atom. The number of hydrogen-bond acceptors (Lipinski definition) is 3. The van der Waals surface area contributed by atoms with E-state index in [-0.39, 0.29) is 18.0 Å². The summed E-state index contributed by atoms with van der Waals surface area (Å²) >= 11 is 0. The van der Waals surface area contributed by atoms with Gasteiger partial charge in [0.15, 0.2) is 0 Å². The maximum absolute atomic E-state index is 12.8. The highest BCUT2D eigenvalue weighted by molar-refractivity contribution is 5.92. The number of unbranched alkanes of at least 4 members (excludes halogenated alkanes) is 7. The summed E-state index contributed by atoms with van der Waals surface area (Å²) in [5.41, 5.74) is 3.05.